The second kappa shape index (κ2) is 6.68. The molecule has 0 bridgehead atoms. The van der Waals surface area contributed by atoms with Gasteiger partial charge in [-0.3, -0.25) is 4.68 Å². The van der Waals surface area contributed by atoms with Gasteiger partial charge in [-0.15, -0.1) is 11.3 Å². The van der Waals surface area contributed by atoms with E-state index in [9.17, 15) is 0 Å². The van der Waals surface area contributed by atoms with E-state index in [1.807, 2.05) is 7.05 Å². The first kappa shape index (κ1) is 14.8. The van der Waals surface area contributed by atoms with Crippen LogP contribution in [-0.2, 0) is 19.4 Å². The Morgan fingerprint density at radius 1 is 1.42 bits per heavy atom. The highest BCUT2D eigenvalue weighted by Gasteiger charge is 2.17. The summed E-state index contributed by atoms with van der Waals surface area (Å²) in [6, 6.07) is 6.85. The standard InChI is InChI=1S/C14H20BrN3S/c1-4-10-8-13(18(5-2)17-10)12(16-3)9-11-6-7-14(15)19-11/h6-8,12,16H,4-5,9H2,1-3H3. The maximum Gasteiger partial charge on any atom is 0.0701 e. The molecule has 1 N–H and O–H groups in total. The third-order valence-corrected chi connectivity index (χ3v) is 4.91. The number of hydrogen-bond acceptors (Lipinski definition) is 3. The number of rotatable bonds is 6. The van der Waals surface area contributed by atoms with Gasteiger partial charge in [0.1, 0.15) is 0 Å². The van der Waals surface area contributed by atoms with Crippen LogP contribution in [0.1, 0.15) is 36.2 Å². The fraction of sp³-hybridized carbons (Fsp3) is 0.500. The largest absolute Gasteiger partial charge is 0.311 e. The lowest BCUT2D eigenvalue weighted by molar-refractivity contribution is 0.514. The van der Waals surface area contributed by atoms with Crippen LogP contribution in [0.5, 0.6) is 0 Å². The average Bonchev–Trinajstić information content (AvgIpc) is 3.01. The summed E-state index contributed by atoms with van der Waals surface area (Å²) in [5, 5.41) is 8.05. The zero-order chi connectivity index (χ0) is 13.8. The minimum Gasteiger partial charge on any atom is -0.311 e. The van der Waals surface area contributed by atoms with Gasteiger partial charge in [0, 0.05) is 17.8 Å². The minimum absolute atomic E-state index is 0.318. The predicted octanol–water partition coefficient (Wildman–Crippen LogP) is 3.79. The Morgan fingerprint density at radius 3 is 2.74 bits per heavy atom. The van der Waals surface area contributed by atoms with Gasteiger partial charge in [0.15, 0.2) is 0 Å². The number of aryl methyl sites for hydroxylation is 2. The van der Waals surface area contributed by atoms with Crippen LogP contribution in [0.2, 0.25) is 0 Å². The molecule has 19 heavy (non-hydrogen) atoms. The summed E-state index contributed by atoms with van der Waals surface area (Å²) in [6.07, 6.45) is 1.99. The highest BCUT2D eigenvalue weighted by atomic mass is 79.9. The van der Waals surface area contributed by atoms with Crippen molar-refractivity contribution < 1.29 is 0 Å². The van der Waals surface area contributed by atoms with Gasteiger partial charge in [-0.1, -0.05) is 6.92 Å². The molecule has 0 radical (unpaired) electrons. The third-order valence-electron chi connectivity index (χ3n) is 3.26. The van der Waals surface area contributed by atoms with Gasteiger partial charge in [0.05, 0.1) is 21.2 Å². The lowest BCUT2D eigenvalue weighted by Gasteiger charge is -2.16. The first-order chi connectivity index (χ1) is 9.17. The molecule has 0 saturated heterocycles. The Balaban J connectivity index is 2.23. The zero-order valence-corrected chi connectivity index (χ0v) is 14.0. The Kier molecular flexibility index (Phi) is 5.19. The molecule has 104 valence electrons. The Hall–Kier alpha value is -0.650. The quantitative estimate of drug-likeness (QED) is 0.866. The normalized spacial score (nSPS) is 12.8. The molecule has 0 aliphatic heterocycles. The zero-order valence-electron chi connectivity index (χ0n) is 11.6. The van der Waals surface area contributed by atoms with Crippen LogP contribution in [0.15, 0.2) is 22.0 Å². The van der Waals surface area contributed by atoms with E-state index in [4.69, 9.17) is 0 Å². The number of nitrogens with one attached hydrogen (secondary N) is 1. The van der Waals surface area contributed by atoms with E-state index in [1.165, 1.54) is 20.1 Å². The molecule has 0 aliphatic rings. The van der Waals surface area contributed by atoms with Gasteiger partial charge in [0.2, 0.25) is 0 Å². The lowest BCUT2D eigenvalue weighted by Crippen LogP contribution is -2.22. The Morgan fingerprint density at radius 2 is 2.21 bits per heavy atom. The molecule has 0 aromatic carbocycles. The molecule has 1 unspecified atom stereocenters. The fourth-order valence-corrected chi connectivity index (χ4v) is 3.74. The molecule has 1 atom stereocenters. The van der Waals surface area contributed by atoms with Gasteiger partial charge < -0.3 is 5.32 Å². The molecule has 2 aromatic heterocycles. The van der Waals surface area contributed by atoms with Gasteiger partial charge in [-0.25, -0.2) is 0 Å². The molecule has 0 fully saturated rings. The summed E-state index contributed by atoms with van der Waals surface area (Å²) in [5.74, 6) is 0. The first-order valence-electron chi connectivity index (χ1n) is 6.66. The summed E-state index contributed by atoms with van der Waals surface area (Å²) in [4.78, 5) is 1.38. The Bertz CT molecular complexity index is 533. The molecular weight excluding hydrogens is 322 g/mol. The van der Waals surface area contributed by atoms with E-state index >= 15 is 0 Å². The third kappa shape index (κ3) is 3.46. The van der Waals surface area contributed by atoms with Crippen LogP contribution in [0, 0.1) is 0 Å². The summed E-state index contributed by atoms with van der Waals surface area (Å²) in [7, 11) is 2.02. The molecule has 0 aliphatic carbocycles. The van der Waals surface area contributed by atoms with Crippen LogP contribution in [0.25, 0.3) is 0 Å². The highest BCUT2D eigenvalue weighted by molar-refractivity contribution is 9.11. The second-order valence-corrected chi connectivity index (χ2v) is 7.03. The maximum absolute atomic E-state index is 4.63. The van der Waals surface area contributed by atoms with Crippen LogP contribution in [0.4, 0.5) is 0 Å². The summed E-state index contributed by atoms with van der Waals surface area (Å²) in [5.41, 5.74) is 2.45. The van der Waals surface area contributed by atoms with Crippen molar-refractivity contribution in [2.45, 2.75) is 39.3 Å². The molecule has 0 amide bonds. The van der Waals surface area contributed by atoms with E-state index in [2.05, 4.69) is 63.1 Å². The monoisotopic (exact) mass is 341 g/mol. The van der Waals surface area contributed by atoms with E-state index < -0.39 is 0 Å². The minimum atomic E-state index is 0.318. The smallest absolute Gasteiger partial charge is 0.0701 e. The van der Waals surface area contributed by atoms with Gasteiger partial charge in [-0.05, 0) is 54.5 Å². The lowest BCUT2D eigenvalue weighted by atomic mass is 10.1. The summed E-state index contributed by atoms with van der Waals surface area (Å²) >= 11 is 5.32. The molecular formula is C14H20BrN3S. The van der Waals surface area contributed by atoms with E-state index in [1.54, 1.807) is 11.3 Å². The van der Waals surface area contributed by atoms with Crippen molar-refractivity contribution in [1.82, 2.24) is 15.1 Å². The van der Waals surface area contributed by atoms with Crippen molar-refractivity contribution in [1.29, 1.82) is 0 Å². The SMILES string of the molecule is CCc1cc(C(Cc2ccc(Br)s2)NC)n(CC)n1. The number of likely N-dealkylation sites (N-methyl/N-ethyl adjacent to an activating group) is 1. The van der Waals surface area contributed by atoms with E-state index in [-0.39, 0.29) is 0 Å². The molecule has 2 aromatic rings. The van der Waals surface area contributed by atoms with E-state index in [0.29, 0.717) is 6.04 Å². The summed E-state index contributed by atoms with van der Waals surface area (Å²) < 4.78 is 3.30. The number of thiophene rings is 1. The van der Waals surface area contributed by atoms with Crippen molar-refractivity contribution >= 4 is 27.3 Å². The first-order valence-corrected chi connectivity index (χ1v) is 8.27. The van der Waals surface area contributed by atoms with Crippen molar-refractivity contribution in [2.24, 2.45) is 0 Å². The van der Waals surface area contributed by atoms with Crippen molar-refractivity contribution in [3.8, 4) is 0 Å². The van der Waals surface area contributed by atoms with Gasteiger partial charge in [-0.2, -0.15) is 5.10 Å². The number of hydrogen-bond donors (Lipinski definition) is 1. The van der Waals surface area contributed by atoms with Crippen LogP contribution < -0.4 is 5.32 Å². The maximum atomic E-state index is 4.63. The highest BCUT2D eigenvalue weighted by Crippen LogP contribution is 2.27. The van der Waals surface area contributed by atoms with Gasteiger partial charge >= 0.3 is 0 Å². The van der Waals surface area contributed by atoms with E-state index in [0.717, 1.165) is 19.4 Å². The topological polar surface area (TPSA) is 29.9 Å². The molecule has 5 heteroatoms. The molecule has 0 spiro atoms. The van der Waals surface area contributed by atoms with Crippen molar-refractivity contribution in [2.75, 3.05) is 7.05 Å². The second-order valence-electron chi connectivity index (χ2n) is 4.48. The van der Waals surface area contributed by atoms with Crippen LogP contribution in [-0.4, -0.2) is 16.8 Å². The number of halogens is 1. The van der Waals surface area contributed by atoms with Gasteiger partial charge in [0.25, 0.3) is 0 Å². The van der Waals surface area contributed by atoms with Crippen molar-refractivity contribution in [3.63, 3.8) is 0 Å². The van der Waals surface area contributed by atoms with Crippen LogP contribution in [0.3, 0.4) is 0 Å². The number of aromatic nitrogens is 2. The molecule has 3 nitrogen and oxygen atoms in total. The van der Waals surface area contributed by atoms with Crippen LogP contribution >= 0.6 is 27.3 Å². The number of nitrogens with zero attached hydrogens (tertiary/aromatic N) is 2. The summed E-state index contributed by atoms with van der Waals surface area (Å²) in [6.45, 7) is 5.21. The van der Waals surface area contributed by atoms with Crippen molar-refractivity contribution in [3.05, 3.63) is 38.3 Å². The molecule has 2 heterocycles. The Labute approximate surface area is 127 Å². The fourth-order valence-electron chi connectivity index (χ4n) is 2.21. The average molecular weight is 342 g/mol. The molecule has 0 saturated carbocycles. The molecule has 2 rings (SSSR count). The predicted molar refractivity (Wildman–Crippen MR) is 84.8 cm³/mol.